The van der Waals surface area contributed by atoms with E-state index in [1.165, 1.54) is 10.5 Å². The van der Waals surface area contributed by atoms with Crippen molar-refractivity contribution in [3.05, 3.63) is 29.8 Å². The number of halogens is 1. The molecule has 0 unspecified atom stereocenters. The van der Waals surface area contributed by atoms with E-state index in [9.17, 15) is 4.79 Å². The normalized spacial score (nSPS) is 17.9. The van der Waals surface area contributed by atoms with Crippen LogP contribution in [-0.4, -0.2) is 40.4 Å². The summed E-state index contributed by atoms with van der Waals surface area (Å²) in [7, 11) is 0. The van der Waals surface area contributed by atoms with Crippen molar-refractivity contribution in [3.8, 4) is 0 Å². The molecule has 0 aliphatic carbocycles. The lowest BCUT2D eigenvalue weighted by atomic mass is 9.74. The first-order valence-electron chi connectivity index (χ1n) is 7.98. The summed E-state index contributed by atoms with van der Waals surface area (Å²) in [6.45, 7) is 7.27. The van der Waals surface area contributed by atoms with E-state index in [2.05, 4.69) is 53.1 Å². The maximum absolute atomic E-state index is 12.2. The first-order chi connectivity index (χ1) is 10.8. The molecule has 128 valence electrons. The van der Waals surface area contributed by atoms with Crippen LogP contribution in [0, 0.1) is 0 Å². The zero-order valence-electron chi connectivity index (χ0n) is 14.4. The van der Waals surface area contributed by atoms with Gasteiger partial charge in [0.15, 0.2) is 0 Å². The quantitative estimate of drug-likeness (QED) is 0.366. The molecule has 1 amide bonds. The summed E-state index contributed by atoms with van der Waals surface area (Å²) in [4.78, 5) is 15.4. The number of piperidine rings is 1. The van der Waals surface area contributed by atoms with Crippen LogP contribution < -0.4 is 0 Å². The number of likely N-dealkylation sites (tertiary alicyclic amines) is 1. The van der Waals surface area contributed by atoms with Gasteiger partial charge in [0.2, 0.25) is 0 Å². The third-order valence-corrected chi connectivity index (χ3v) is 6.53. The molecule has 1 aromatic carbocycles. The lowest BCUT2D eigenvalue weighted by Crippen LogP contribution is -2.47. The number of amides is 1. The fourth-order valence-corrected chi connectivity index (χ4v) is 4.50. The Morgan fingerprint density at radius 3 is 2.26 bits per heavy atom. The van der Waals surface area contributed by atoms with E-state index >= 15 is 0 Å². The minimum absolute atomic E-state index is 0.177. The number of benzene rings is 1. The zero-order chi connectivity index (χ0) is 17.1. The molecule has 1 aliphatic rings. The smallest absolute Gasteiger partial charge is 0.410 e. The van der Waals surface area contributed by atoms with Crippen molar-refractivity contribution in [1.82, 2.24) is 4.90 Å². The van der Waals surface area contributed by atoms with Gasteiger partial charge in [0.25, 0.3) is 0 Å². The summed E-state index contributed by atoms with van der Waals surface area (Å²) in [5, 5.41) is 0. The third-order valence-electron chi connectivity index (χ3n) is 4.33. The lowest BCUT2D eigenvalue weighted by molar-refractivity contribution is 0.0175. The third kappa shape index (κ3) is 4.78. The number of carbonyl (C=O) groups is 1. The average Bonchev–Trinajstić information content (AvgIpc) is 2.53. The molecule has 0 bridgehead atoms. The van der Waals surface area contributed by atoms with Crippen molar-refractivity contribution in [2.45, 2.75) is 49.5 Å². The van der Waals surface area contributed by atoms with Crippen LogP contribution in [0.1, 0.15) is 39.2 Å². The lowest BCUT2D eigenvalue weighted by Gasteiger charge is -2.41. The van der Waals surface area contributed by atoms with Gasteiger partial charge < -0.3 is 9.64 Å². The molecular weight excluding hydrogens is 421 g/mol. The van der Waals surface area contributed by atoms with E-state index in [0.717, 1.165) is 30.4 Å². The van der Waals surface area contributed by atoms with Gasteiger partial charge in [0, 0.05) is 27.8 Å². The maximum Gasteiger partial charge on any atom is 0.410 e. The Kier molecular flexibility index (Phi) is 6.28. The van der Waals surface area contributed by atoms with Crippen molar-refractivity contribution in [2.75, 3.05) is 23.8 Å². The van der Waals surface area contributed by atoms with Gasteiger partial charge in [-0.1, -0.05) is 34.7 Å². The van der Waals surface area contributed by atoms with Crippen LogP contribution >= 0.6 is 34.4 Å². The maximum atomic E-state index is 12.2. The second-order valence-corrected chi connectivity index (χ2v) is 8.75. The summed E-state index contributed by atoms with van der Waals surface area (Å²) in [6, 6.07) is 8.92. The fourth-order valence-electron chi connectivity index (χ4n) is 2.89. The van der Waals surface area contributed by atoms with Crippen molar-refractivity contribution >= 4 is 40.4 Å². The van der Waals surface area contributed by atoms with Crippen molar-refractivity contribution in [3.63, 3.8) is 0 Å². The van der Waals surface area contributed by atoms with Crippen LogP contribution in [0.5, 0.6) is 0 Å². The van der Waals surface area contributed by atoms with Crippen molar-refractivity contribution in [1.29, 1.82) is 0 Å². The number of hydrogen-bond acceptors (Lipinski definition) is 3. The largest absolute Gasteiger partial charge is 0.444 e. The molecule has 1 aromatic rings. The van der Waals surface area contributed by atoms with Crippen molar-refractivity contribution in [2.24, 2.45) is 0 Å². The van der Waals surface area contributed by atoms with E-state index < -0.39 is 5.60 Å². The van der Waals surface area contributed by atoms with Crippen LogP contribution in [0.15, 0.2) is 29.2 Å². The Balaban J connectivity index is 2.05. The summed E-state index contributed by atoms with van der Waals surface area (Å²) in [5.74, 6) is 0. The topological polar surface area (TPSA) is 29.5 Å². The highest BCUT2D eigenvalue weighted by Crippen LogP contribution is 2.38. The van der Waals surface area contributed by atoms with Crippen LogP contribution in [0.2, 0.25) is 0 Å². The summed E-state index contributed by atoms with van der Waals surface area (Å²) in [5.41, 5.74) is 1.15. The highest BCUT2D eigenvalue weighted by Gasteiger charge is 2.37. The zero-order valence-corrected chi connectivity index (χ0v) is 17.4. The SMILES string of the molecule is CSc1ccc(C2(CI)CCN(C(=O)OC(C)(C)C)CC2)cc1. The molecule has 1 heterocycles. The number of rotatable bonds is 3. The molecule has 0 radical (unpaired) electrons. The molecule has 2 rings (SSSR count). The Hall–Kier alpha value is -0.430. The second kappa shape index (κ2) is 7.64. The standard InChI is InChI=1S/C18H26INO2S/c1-17(2,3)22-16(21)20-11-9-18(13-19,10-12-20)14-5-7-15(23-4)8-6-14/h5-8H,9-13H2,1-4H3. The molecular formula is C18H26INO2S. The summed E-state index contributed by atoms with van der Waals surface area (Å²) >= 11 is 4.26. The molecule has 23 heavy (non-hydrogen) atoms. The number of ether oxygens (including phenoxy) is 1. The Labute approximate surface area is 157 Å². The van der Waals surface area contributed by atoms with Crippen molar-refractivity contribution < 1.29 is 9.53 Å². The molecule has 1 saturated heterocycles. The van der Waals surface area contributed by atoms with E-state index in [-0.39, 0.29) is 11.5 Å². The predicted octanol–water partition coefficient (Wildman–Crippen LogP) is 5.11. The Bertz CT molecular complexity index is 531. The van der Waals surface area contributed by atoms with Gasteiger partial charge in [0.1, 0.15) is 5.60 Å². The number of alkyl halides is 1. The van der Waals surface area contributed by atoms with E-state index in [1.807, 2.05) is 25.7 Å². The van der Waals surface area contributed by atoms with E-state index in [4.69, 9.17) is 4.74 Å². The second-order valence-electron chi connectivity index (χ2n) is 7.11. The van der Waals surface area contributed by atoms with Gasteiger partial charge in [-0.05, 0) is 57.6 Å². The molecule has 0 saturated carbocycles. The first-order valence-corrected chi connectivity index (χ1v) is 10.7. The minimum atomic E-state index is -0.428. The molecule has 1 fully saturated rings. The Morgan fingerprint density at radius 1 is 1.26 bits per heavy atom. The Morgan fingerprint density at radius 2 is 1.83 bits per heavy atom. The summed E-state index contributed by atoms with van der Waals surface area (Å²) in [6.07, 6.45) is 3.90. The van der Waals surface area contributed by atoms with Gasteiger partial charge in [0.05, 0.1) is 0 Å². The molecule has 0 aromatic heterocycles. The van der Waals surface area contributed by atoms with Crippen LogP contribution in [-0.2, 0) is 10.2 Å². The number of hydrogen-bond donors (Lipinski definition) is 0. The highest BCUT2D eigenvalue weighted by molar-refractivity contribution is 14.1. The first kappa shape index (κ1) is 18.9. The molecule has 0 atom stereocenters. The molecule has 0 spiro atoms. The van der Waals surface area contributed by atoms with Crippen LogP contribution in [0.25, 0.3) is 0 Å². The number of thioether (sulfide) groups is 1. The monoisotopic (exact) mass is 447 g/mol. The van der Waals surface area contributed by atoms with Crippen LogP contribution in [0.3, 0.4) is 0 Å². The van der Waals surface area contributed by atoms with Gasteiger partial charge >= 0.3 is 6.09 Å². The molecule has 1 aliphatic heterocycles. The van der Waals surface area contributed by atoms with Gasteiger partial charge in [-0.3, -0.25) is 0 Å². The molecule has 3 nitrogen and oxygen atoms in total. The molecule has 5 heteroatoms. The fraction of sp³-hybridized carbons (Fsp3) is 0.611. The predicted molar refractivity (Wildman–Crippen MR) is 106 cm³/mol. The number of nitrogens with zero attached hydrogens (tertiary/aromatic N) is 1. The summed E-state index contributed by atoms with van der Waals surface area (Å²) < 4.78 is 6.57. The van der Waals surface area contributed by atoms with Crippen LogP contribution in [0.4, 0.5) is 4.79 Å². The van der Waals surface area contributed by atoms with Gasteiger partial charge in [-0.25, -0.2) is 4.79 Å². The highest BCUT2D eigenvalue weighted by atomic mass is 127. The minimum Gasteiger partial charge on any atom is -0.444 e. The van der Waals surface area contributed by atoms with Gasteiger partial charge in [-0.15, -0.1) is 11.8 Å². The van der Waals surface area contributed by atoms with E-state index in [0.29, 0.717) is 0 Å². The number of carbonyl (C=O) groups excluding carboxylic acids is 1. The average molecular weight is 447 g/mol. The molecule has 0 N–H and O–H groups in total. The van der Waals surface area contributed by atoms with Gasteiger partial charge in [-0.2, -0.15) is 0 Å². The van der Waals surface area contributed by atoms with E-state index in [1.54, 1.807) is 11.8 Å².